The fourth-order valence-corrected chi connectivity index (χ4v) is 2.53. The Morgan fingerprint density at radius 3 is 2.60 bits per heavy atom. The highest BCUT2D eigenvalue weighted by atomic mass is 35.5. The van der Waals surface area contributed by atoms with Gasteiger partial charge in [-0.15, -0.1) is 0 Å². The summed E-state index contributed by atoms with van der Waals surface area (Å²) in [6, 6.07) is 7.31. The molecule has 1 heterocycles. The lowest BCUT2D eigenvalue weighted by Gasteiger charge is -2.13. The van der Waals surface area contributed by atoms with Crippen molar-refractivity contribution in [2.45, 2.75) is 33.2 Å². The van der Waals surface area contributed by atoms with Gasteiger partial charge in [-0.05, 0) is 30.7 Å². The Kier molecular flexibility index (Phi) is 7.60. The Balaban J connectivity index is 1.77. The number of hydrogen-bond acceptors (Lipinski definition) is 4. The normalized spacial score (nSPS) is 11.4. The molecule has 2 aromatic rings. The lowest BCUT2D eigenvalue weighted by atomic mass is 10.1. The van der Waals surface area contributed by atoms with Crippen molar-refractivity contribution >= 4 is 17.6 Å². The van der Waals surface area contributed by atoms with E-state index in [1.54, 1.807) is 19.2 Å². The standard InChI is InChI=1S/C18H25ClN4O2/c1-4-16-15(17(5-2)25-23-16)12-22-18(20-3)21-10-11-24-14-8-6-13(19)7-9-14/h6-9H,4-5,10-12H2,1-3H3,(H2,20,21,22). The van der Waals surface area contributed by atoms with E-state index >= 15 is 0 Å². The van der Waals surface area contributed by atoms with Gasteiger partial charge in [0.05, 0.1) is 12.2 Å². The van der Waals surface area contributed by atoms with E-state index in [9.17, 15) is 0 Å². The van der Waals surface area contributed by atoms with Gasteiger partial charge in [0, 0.05) is 30.6 Å². The molecule has 2 N–H and O–H groups in total. The second-order valence-corrected chi connectivity index (χ2v) is 5.83. The van der Waals surface area contributed by atoms with E-state index in [2.05, 4.69) is 34.6 Å². The molecule has 0 spiro atoms. The van der Waals surface area contributed by atoms with E-state index < -0.39 is 0 Å². The first-order valence-electron chi connectivity index (χ1n) is 8.47. The van der Waals surface area contributed by atoms with Crippen molar-refractivity contribution in [1.29, 1.82) is 0 Å². The van der Waals surface area contributed by atoms with Crippen molar-refractivity contribution in [3.8, 4) is 5.75 Å². The molecule has 0 atom stereocenters. The van der Waals surface area contributed by atoms with Crippen LogP contribution < -0.4 is 15.4 Å². The second kappa shape index (κ2) is 9.93. The van der Waals surface area contributed by atoms with Gasteiger partial charge >= 0.3 is 0 Å². The molecule has 0 bridgehead atoms. The topological polar surface area (TPSA) is 71.7 Å². The van der Waals surface area contributed by atoms with Crippen LogP contribution in [0.15, 0.2) is 33.8 Å². The SMILES string of the molecule is CCc1noc(CC)c1CNC(=NC)NCCOc1ccc(Cl)cc1. The second-order valence-electron chi connectivity index (χ2n) is 5.39. The van der Waals surface area contributed by atoms with Gasteiger partial charge in [-0.3, -0.25) is 4.99 Å². The van der Waals surface area contributed by atoms with Crippen LogP contribution in [0.2, 0.25) is 5.02 Å². The minimum atomic E-state index is 0.524. The van der Waals surface area contributed by atoms with Crippen molar-refractivity contribution in [2.75, 3.05) is 20.2 Å². The van der Waals surface area contributed by atoms with Crippen molar-refractivity contribution in [1.82, 2.24) is 15.8 Å². The van der Waals surface area contributed by atoms with Gasteiger partial charge in [0.25, 0.3) is 0 Å². The number of aliphatic imine (C=N–C) groups is 1. The lowest BCUT2D eigenvalue weighted by molar-refractivity contribution is 0.322. The molecule has 136 valence electrons. The largest absolute Gasteiger partial charge is 0.492 e. The molecule has 0 aliphatic carbocycles. The molecule has 0 radical (unpaired) electrons. The van der Waals surface area contributed by atoms with Crippen LogP contribution >= 0.6 is 11.6 Å². The first-order valence-corrected chi connectivity index (χ1v) is 8.84. The number of hydrogen-bond donors (Lipinski definition) is 2. The average Bonchev–Trinajstić information content (AvgIpc) is 3.04. The first-order chi connectivity index (χ1) is 12.2. The van der Waals surface area contributed by atoms with Crippen molar-refractivity contribution < 1.29 is 9.26 Å². The predicted octanol–water partition coefficient (Wildman–Crippen LogP) is 3.20. The Morgan fingerprint density at radius 1 is 1.20 bits per heavy atom. The third kappa shape index (κ3) is 5.67. The van der Waals surface area contributed by atoms with E-state index in [-0.39, 0.29) is 0 Å². The quantitative estimate of drug-likeness (QED) is 0.427. The number of nitrogens with one attached hydrogen (secondary N) is 2. The fraction of sp³-hybridized carbons (Fsp3) is 0.444. The first kappa shape index (κ1) is 19.1. The zero-order valence-corrected chi connectivity index (χ0v) is 15.7. The van der Waals surface area contributed by atoms with E-state index in [0.717, 1.165) is 35.6 Å². The average molecular weight is 365 g/mol. The molecule has 0 fully saturated rings. The number of benzene rings is 1. The predicted molar refractivity (Wildman–Crippen MR) is 100 cm³/mol. The van der Waals surface area contributed by atoms with Crippen LogP contribution in [0.3, 0.4) is 0 Å². The molecule has 0 unspecified atom stereocenters. The smallest absolute Gasteiger partial charge is 0.191 e. The highest BCUT2D eigenvalue weighted by Gasteiger charge is 2.13. The van der Waals surface area contributed by atoms with Gasteiger partial charge in [-0.25, -0.2) is 0 Å². The maximum atomic E-state index is 5.85. The van der Waals surface area contributed by atoms with Gasteiger partial charge in [-0.1, -0.05) is 30.6 Å². The molecule has 25 heavy (non-hydrogen) atoms. The number of aryl methyl sites for hydroxylation is 2. The van der Waals surface area contributed by atoms with E-state index in [1.165, 1.54) is 0 Å². The maximum absolute atomic E-state index is 5.85. The molecule has 0 saturated carbocycles. The van der Waals surface area contributed by atoms with Gasteiger partial charge in [0.1, 0.15) is 18.1 Å². The van der Waals surface area contributed by atoms with Crippen LogP contribution in [-0.4, -0.2) is 31.3 Å². The molecule has 0 amide bonds. The van der Waals surface area contributed by atoms with Crippen LogP contribution in [0.4, 0.5) is 0 Å². The summed E-state index contributed by atoms with van der Waals surface area (Å²) < 4.78 is 11.0. The Hall–Kier alpha value is -2.21. The number of guanidine groups is 1. The summed E-state index contributed by atoms with van der Waals surface area (Å²) in [6.07, 6.45) is 1.67. The lowest BCUT2D eigenvalue weighted by Crippen LogP contribution is -2.39. The third-order valence-corrected chi connectivity index (χ3v) is 3.99. The summed E-state index contributed by atoms with van der Waals surface area (Å²) in [5.41, 5.74) is 2.11. The Morgan fingerprint density at radius 2 is 1.96 bits per heavy atom. The zero-order chi connectivity index (χ0) is 18.1. The van der Waals surface area contributed by atoms with Crippen molar-refractivity contribution in [3.63, 3.8) is 0 Å². The summed E-state index contributed by atoms with van der Waals surface area (Å²) in [5, 5.41) is 11.3. The molecule has 7 heteroatoms. The Labute approximate surface area is 153 Å². The molecular weight excluding hydrogens is 340 g/mol. The van der Waals surface area contributed by atoms with E-state index in [4.69, 9.17) is 20.9 Å². The van der Waals surface area contributed by atoms with Gasteiger partial charge in [0.15, 0.2) is 5.96 Å². The highest BCUT2D eigenvalue weighted by Crippen LogP contribution is 2.16. The zero-order valence-electron chi connectivity index (χ0n) is 14.9. The van der Waals surface area contributed by atoms with Crippen molar-refractivity contribution in [2.24, 2.45) is 4.99 Å². The highest BCUT2D eigenvalue weighted by molar-refractivity contribution is 6.30. The van der Waals surface area contributed by atoms with Gasteiger partial charge < -0.3 is 19.9 Å². The minimum Gasteiger partial charge on any atom is -0.492 e. The fourth-order valence-electron chi connectivity index (χ4n) is 2.40. The molecular formula is C18H25ClN4O2. The van der Waals surface area contributed by atoms with Crippen LogP contribution in [0.25, 0.3) is 0 Å². The number of rotatable bonds is 8. The maximum Gasteiger partial charge on any atom is 0.191 e. The molecule has 6 nitrogen and oxygen atoms in total. The summed E-state index contributed by atoms with van der Waals surface area (Å²) in [5.74, 6) is 2.43. The number of halogens is 1. The molecule has 0 aliphatic heterocycles. The van der Waals surface area contributed by atoms with Gasteiger partial charge in [0.2, 0.25) is 0 Å². The number of nitrogens with zero attached hydrogens (tertiary/aromatic N) is 2. The molecule has 1 aromatic carbocycles. The van der Waals surface area contributed by atoms with E-state index in [1.807, 2.05) is 12.1 Å². The molecule has 1 aromatic heterocycles. The van der Waals surface area contributed by atoms with Crippen LogP contribution in [0.1, 0.15) is 30.9 Å². The molecule has 2 rings (SSSR count). The monoisotopic (exact) mass is 364 g/mol. The third-order valence-electron chi connectivity index (χ3n) is 3.74. The van der Waals surface area contributed by atoms with Crippen molar-refractivity contribution in [3.05, 3.63) is 46.3 Å². The minimum absolute atomic E-state index is 0.524. The summed E-state index contributed by atoms with van der Waals surface area (Å²) >= 11 is 5.85. The summed E-state index contributed by atoms with van der Waals surface area (Å²) in [6.45, 7) is 5.92. The number of aromatic nitrogens is 1. The van der Waals surface area contributed by atoms with Crippen LogP contribution in [0.5, 0.6) is 5.75 Å². The van der Waals surface area contributed by atoms with Crippen LogP contribution in [0, 0.1) is 0 Å². The number of ether oxygens (including phenoxy) is 1. The molecule has 0 aliphatic rings. The Bertz CT molecular complexity index is 661. The summed E-state index contributed by atoms with van der Waals surface area (Å²) in [4.78, 5) is 4.23. The summed E-state index contributed by atoms with van der Waals surface area (Å²) in [7, 11) is 1.74. The van der Waals surface area contributed by atoms with Gasteiger partial charge in [-0.2, -0.15) is 0 Å². The van der Waals surface area contributed by atoms with Crippen LogP contribution in [-0.2, 0) is 19.4 Å². The molecule has 0 saturated heterocycles. The van der Waals surface area contributed by atoms with E-state index in [0.29, 0.717) is 30.7 Å².